The summed E-state index contributed by atoms with van der Waals surface area (Å²) in [6.07, 6.45) is 3.48. The molecule has 0 saturated carbocycles. The Labute approximate surface area is 162 Å². The van der Waals surface area contributed by atoms with Crippen LogP contribution in [-0.2, 0) is 0 Å². The number of rotatable bonds is 4. The van der Waals surface area contributed by atoms with Crippen LogP contribution in [0.25, 0.3) is 0 Å². The maximum Gasteiger partial charge on any atom is 0.258 e. The van der Waals surface area contributed by atoms with Crippen molar-refractivity contribution < 1.29 is 9.18 Å². The van der Waals surface area contributed by atoms with Gasteiger partial charge in [0.2, 0.25) is 0 Å². The van der Waals surface area contributed by atoms with E-state index < -0.39 is 11.7 Å². The number of nitrogens with one attached hydrogen (secondary N) is 2. The first kappa shape index (κ1) is 18.9. The molecule has 1 amide bonds. The summed E-state index contributed by atoms with van der Waals surface area (Å²) < 4.78 is 16.6. The Morgan fingerprint density at radius 1 is 1.19 bits per heavy atom. The van der Waals surface area contributed by atoms with Crippen molar-refractivity contribution in [2.24, 2.45) is 0 Å². The second kappa shape index (κ2) is 8.64. The smallest absolute Gasteiger partial charge is 0.258 e. The summed E-state index contributed by atoms with van der Waals surface area (Å²) in [4.78, 5) is 12.4. The number of carbonyl (C=O) groups is 1. The van der Waals surface area contributed by atoms with Crippen LogP contribution < -0.4 is 14.9 Å². The zero-order valence-corrected chi connectivity index (χ0v) is 16.1. The highest BCUT2D eigenvalue weighted by molar-refractivity contribution is 8.00. The second-order valence-corrected chi connectivity index (χ2v) is 7.57. The maximum atomic E-state index is 14.5. The molecule has 1 aliphatic heterocycles. The molecule has 2 aromatic rings. The normalized spacial score (nSPS) is 14.7. The van der Waals surface area contributed by atoms with Crippen molar-refractivity contribution in [1.29, 1.82) is 0 Å². The molecule has 0 spiro atoms. The van der Waals surface area contributed by atoms with Crippen molar-refractivity contribution in [2.45, 2.75) is 19.3 Å². The van der Waals surface area contributed by atoms with Gasteiger partial charge in [-0.2, -0.15) is 0 Å². The molecule has 2 aromatic carbocycles. The van der Waals surface area contributed by atoms with Gasteiger partial charge >= 0.3 is 0 Å². The third kappa shape index (κ3) is 4.43. The van der Waals surface area contributed by atoms with Crippen LogP contribution >= 0.6 is 23.5 Å². The largest absolute Gasteiger partial charge is 0.387 e. The Bertz CT molecular complexity index is 794. The highest BCUT2D eigenvalue weighted by Gasteiger charge is 2.17. The van der Waals surface area contributed by atoms with Gasteiger partial charge in [0.05, 0.1) is 16.3 Å². The van der Waals surface area contributed by atoms with Crippen molar-refractivity contribution in [1.82, 2.24) is 0 Å². The van der Waals surface area contributed by atoms with Gasteiger partial charge in [0, 0.05) is 30.7 Å². The van der Waals surface area contributed by atoms with Crippen molar-refractivity contribution in [2.75, 3.05) is 34.3 Å². The summed E-state index contributed by atoms with van der Waals surface area (Å²) in [5.41, 5.74) is 2.07. The van der Waals surface area contributed by atoms with Gasteiger partial charge in [0.15, 0.2) is 0 Å². The predicted octanol–water partition coefficient (Wildman–Crippen LogP) is 5.41. The van der Waals surface area contributed by atoms with Gasteiger partial charge < -0.3 is 14.9 Å². The number of hydrogen-bond donors (Lipinski definition) is 2. The summed E-state index contributed by atoms with van der Waals surface area (Å²) in [5.74, 6) is 0.0309. The van der Waals surface area contributed by atoms with Crippen molar-refractivity contribution in [3.05, 3.63) is 52.8 Å². The lowest BCUT2D eigenvalue weighted by atomic mass is 10.1. The van der Waals surface area contributed by atoms with Gasteiger partial charge in [0.25, 0.3) is 5.91 Å². The highest BCUT2D eigenvalue weighted by atomic mass is 35.5. The van der Waals surface area contributed by atoms with Crippen LogP contribution in [0.4, 0.5) is 21.5 Å². The van der Waals surface area contributed by atoms with E-state index in [1.807, 2.05) is 0 Å². The van der Waals surface area contributed by atoms with Crippen LogP contribution in [0.15, 0.2) is 36.4 Å². The van der Waals surface area contributed by atoms with Crippen molar-refractivity contribution in [3.63, 3.8) is 0 Å². The predicted molar refractivity (Wildman–Crippen MR) is 109 cm³/mol. The number of halogens is 2. The second-order valence-electron chi connectivity index (χ2n) is 6.06. The molecule has 1 aliphatic rings. The average Bonchev–Trinajstić information content (AvgIpc) is 2.92. The topological polar surface area (TPSA) is 44.4 Å². The first-order valence-electron chi connectivity index (χ1n) is 8.57. The number of anilines is 3. The van der Waals surface area contributed by atoms with Crippen LogP contribution in [0.1, 0.15) is 29.6 Å². The van der Waals surface area contributed by atoms with E-state index in [2.05, 4.69) is 14.9 Å². The van der Waals surface area contributed by atoms with E-state index in [0.717, 1.165) is 24.4 Å². The zero-order valence-electron chi connectivity index (χ0n) is 14.5. The van der Waals surface area contributed by atoms with Crippen molar-refractivity contribution in [3.8, 4) is 0 Å². The SMILES string of the molecule is CNc1cc(NC(=O)c2ccc(N3CCCCCS3)cc2F)ccc1Cl. The minimum atomic E-state index is -0.521. The first-order chi connectivity index (χ1) is 12.6. The number of nitrogens with zero attached hydrogens (tertiary/aromatic N) is 1. The summed E-state index contributed by atoms with van der Waals surface area (Å²) >= 11 is 7.75. The Hall–Kier alpha value is -1.92. The van der Waals surface area contributed by atoms with E-state index in [9.17, 15) is 9.18 Å². The molecule has 1 fully saturated rings. The van der Waals surface area contributed by atoms with Gasteiger partial charge in [0.1, 0.15) is 5.82 Å². The highest BCUT2D eigenvalue weighted by Crippen LogP contribution is 2.29. The number of hydrogen-bond acceptors (Lipinski definition) is 4. The number of benzene rings is 2. The van der Waals surface area contributed by atoms with Gasteiger partial charge in [-0.1, -0.05) is 18.0 Å². The lowest BCUT2D eigenvalue weighted by molar-refractivity contribution is 0.102. The van der Waals surface area contributed by atoms with Crippen molar-refractivity contribution >= 4 is 46.5 Å². The maximum absolute atomic E-state index is 14.5. The average molecular weight is 394 g/mol. The minimum absolute atomic E-state index is 0.0227. The summed E-state index contributed by atoms with van der Waals surface area (Å²) in [6.45, 7) is 0.896. The molecule has 1 saturated heterocycles. The molecule has 1 heterocycles. The lowest BCUT2D eigenvalue weighted by Crippen LogP contribution is -2.17. The first-order valence-corrected chi connectivity index (χ1v) is 9.89. The Kier molecular flexibility index (Phi) is 6.27. The molecular weight excluding hydrogens is 373 g/mol. The van der Waals surface area contributed by atoms with E-state index in [-0.39, 0.29) is 5.56 Å². The zero-order chi connectivity index (χ0) is 18.5. The number of carbonyl (C=O) groups excluding carboxylic acids is 1. The van der Waals surface area contributed by atoms with Crippen LogP contribution in [0.3, 0.4) is 0 Å². The monoisotopic (exact) mass is 393 g/mol. The summed E-state index contributed by atoms with van der Waals surface area (Å²) in [6, 6.07) is 9.85. The van der Waals surface area contributed by atoms with Gasteiger partial charge in [-0.25, -0.2) is 4.39 Å². The van der Waals surface area contributed by atoms with Gasteiger partial charge in [-0.05, 0) is 61.2 Å². The molecule has 138 valence electrons. The Morgan fingerprint density at radius 2 is 2.04 bits per heavy atom. The molecule has 2 N–H and O–H groups in total. The molecule has 0 aliphatic carbocycles. The van der Waals surface area contributed by atoms with E-state index >= 15 is 0 Å². The Morgan fingerprint density at radius 3 is 2.81 bits per heavy atom. The molecule has 0 bridgehead atoms. The van der Waals surface area contributed by atoms with E-state index in [4.69, 9.17) is 11.6 Å². The fraction of sp³-hybridized carbons (Fsp3) is 0.316. The van der Waals surface area contributed by atoms with Gasteiger partial charge in [-0.15, -0.1) is 0 Å². The molecule has 0 radical (unpaired) electrons. The molecule has 0 atom stereocenters. The number of amides is 1. The van der Waals surface area contributed by atoms with E-state index in [0.29, 0.717) is 16.4 Å². The van der Waals surface area contributed by atoms with Crippen LogP contribution in [0.2, 0.25) is 5.02 Å². The van der Waals surface area contributed by atoms with E-state index in [1.165, 1.54) is 18.9 Å². The standard InChI is InChI=1S/C19H21ClFN3OS/c1-22-18-11-13(5-8-16(18)20)23-19(25)15-7-6-14(12-17(15)21)24-9-3-2-4-10-26-24/h5-8,11-12,22H,2-4,9-10H2,1H3,(H,23,25). The molecule has 0 aromatic heterocycles. The summed E-state index contributed by atoms with van der Waals surface area (Å²) in [5, 5.41) is 6.21. The Balaban J connectivity index is 1.75. The third-order valence-corrected chi connectivity index (χ3v) is 5.74. The summed E-state index contributed by atoms with van der Waals surface area (Å²) in [7, 11) is 1.74. The lowest BCUT2D eigenvalue weighted by Gasteiger charge is -2.21. The quantitative estimate of drug-likeness (QED) is 0.681. The fourth-order valence-corrected chi connectivity index (χ4v) is 4.10. The molecule has 0 unspecified atom stereocenters. The molecule has 3 rings (SSSR count). The van der Waals surface area contributed by atoms with Crippen LogP contribution in [-0.4, -0.2) is 25.3 Å². The van der Waals surface area contributed by atoms with E-state index in [1.54, 1.807) is 49.3 Å². The van der Waals surface area contributed by atoms with Gasteiger partial charge in [-0.3, -0.25) is 4.79 Å². The molecule has 7 heteroatoms. The minimum Gasteiger partial charge on any atom is -0.387 e. The fourth-order valence-electron chi connectivity index (χ4n) is 2.81. The van der Waals surface area contributed by atoms with Crippen LogP contribution in [0, 0.1) is 5.82 Å². The molecule has 4 nitrogen and oxygen atoms in total. The molecular formula is C19H21ClFN3OS. The third-order valence-electron chi connectivity index (χ3n) is 4.23. The molecule has 26 heavy (non-hydrogen) atoms. The van der Waals surface area contributed by atoms with Crippen LogP contribution in [0.5, 0.6) is 0 Å².